The van der Waals surface area contributed by atoms with Crippen molar-refractivity contribution >= 4 is 5.69 Å². The monoisotopic (exact) mass is 249 g/mol. The lowest BCUT2D eigenvalue weighted by atomic mass is 10.1. The smallest absolute Gasteiger partial charge is 0.0574 e. The first-order chi connectivity index (χ1) is 8.76. The minimum atomic E-state index is 0.380. The molecule has 0 amide bonds. The number of nitrogens with one attached hydrogen (secondary N) is 1. The highest BCUT2D eigenvalue weighted by molar-refractivity contribution is 5.44. The zero-order valence-corrected chi connectivity index (χ0v) is 12.2. The van der Waals surface area contributed by atoms with Crippen molar-refractivity contribution < 1.29 is 0 Å². The van der Waals surface area contributed by atoms with Crippen molar-refractivity contribution in [2.75, 3.05) is 24.5 Å². The molecule has 0 bridgehead atoms. The molecule has 0 aliphatic heterocycles. The molecule has 0 fully saturated rings. The fourth-order valence-corrected chi connectivity index (χ4v) is 2.23. The molecule has 1 atom stereocenters. The highest BCUT2D eigenvalue weighted by Gasteiger charge is 2.10. The fourth-order valence-electron chi connectivity index (χ4n) is 2.23. The van der Waals surface area contributed by atoms with E-state index in [4.69, 9.17) is 0 Å². The van der Waals surface area contributed by atoms with E-state index < -0.39 is 0 Å². The van der Waals surface area contributed by atoms with Crippen LogP contribution in [0.3, 0.4) is 0 Å². The van der Waals surface area contributed by atoms with Gasteiger partial charge in [0.2, 0.25) is 0 Å². The van der Waals surface area contributed by atoms with E-state index in [0.717, 1.165) is 31.7 Å². The van der Waals surface area contributed by atoms with Crippen LogP contribution < -0.4 is 10.2 Å². The minimum absolute atomic E-state index is 0.380. The molecule has 0 aromatic carbocycles. The number of hydrogen-bond donors (Lipinski definition) is 1. The Balaban J connectivity index is 2.77. The summed E-state index contributed by atoms with van der Waals surface area (Å²) in [6, 6.07) is 4.73. The Morgan fingerprint density at radius 2 is 2.00 bits per heavy atom. The molecule has 0 aliphatic carbocycles. The van der Waals surface area contributed by atoms with Gasteiger partial charge in [-0.05, 0) is 38.4 Å². The summed E-state index contributed by atoms with van der Waals surface area (Å²) in [6.45, 7) is 11.9. The summed E-state index contributed by atoms with van der Waals surface area (Å²) in [5.41, 5.74) is 2.38. The molecule has 0 saturated carbocycles. The third-order valence-corrected chi connectivity index (χ3v) is 3.23. The molecular formula is C15H27N3. The Morgan fingerprint density at radius 3 is 2.44 bits per heavy atom. The van der Waals surface area contributed by atoms with E-state index in [1.807, 2.05) is 6.20 Å². The van der Waals surface area contributed by atoms with Crippen molar-refractivity contribution in [1.29, 1.82) is 0 Å². The van der Waals surface area contributed by atoms with Gasteiger partial charge in [0.25, 0.3) is 0 Å². The predicted molar refractivity (Wildman–Crippen MR) is 79.1 cm³/mol. The lowest BCUT2D eigenvalue weighted by molar-refractivity contribution is 0.524. The summed E-state index contributed by atoms with van der Waals surface area (Å²) >= 11 is 0. The molecule has 1 heterocycles. The number of anilines is 1. The number of rotatable bonds is 8. The van der Waals surface area contributed by atoms with Crippen LogP contribution in [0.4, 0.5) is 5.69 Å². The molecule has 1 aromatic rings. The number of aromatic nitrogens is 1. The van der Waals surface area contributed by atoms with Crippen LogP contribution in [0.1, 0.15) is 52.3 Å². The van der Waals surface area contributed by atoms with Crippen LogP contribution in [-0.2, 0) is 0 Å². The van der Waals surface area contributed by atoms with Gasteiger partial charge in [0.05, 0.1) is 17.6 Å². The van der Waals surface area contributed by atoms with E-state index in [2.05, 4.69) is 55.0 Å². The Hall–Kier alpha value is -1.09. The van der Waals surface area contributed by atoms with Gasteiger partial charge in [0.15, 0.2) is 0 Å². The van der Waals surface area contributed by atoms with Gasteiger partial charge in [0.1, 0.15) is 0 Å². The first-order valence-electron chi connectivity index (χ1n) is 7.20. The maximum absolute atomic E-state index is 4.62. The fraction of sp³-hybridized carbons (Fsp3) is 0.667. The van der Waals surface area contributed by atoms with E-state index in [1.165, 1.54) is 12.1 Å². The summed E-state index contributed by atoms with van der Waals surface area (Å²) in [5, 5.41) is 3.46. The van der Waals surface area contributed by atoms with Crippen LogP contribution >= 0.6 is 0 Å². The van der Waals surface area contributed by atoms with E-state index in [-0.39, 0.29) is 0 Å². The van der Waals surface area contributed by atoms with Gasteiger partial charge < -0.3 is 10.2 Å². The maximum Gasteiger partial charge on any atom is 0.0574 e. The van der Waals surface area contributed by atoms with Gasteiger partial charge >= 0.3 is 0 Å². The van der Waals surface area contributed by atoms with Crippen LogP contribution in [0.15, 0.2) is 18.3 Å². The highest BCUT2D eigenvalue weighted by atomic mass is 15.1. The number of pyridine rings is 1. The molecule has 0 saturated heterocycles. The van der Waals surface area contributed by atoms with E-state index in [0.29, 0.717) is 6.04 Å². The molecule has 0 radical (unpaired) electrons. The first-order valence-corrected chi connectivity index (χ1v) is 7.20. The van der Waals surface area contributed by atoms with Crippen molar-refractivity contribution in [2.45, 2.75) is 46.6 Å². The SMILES string of the molecule is CCCN(CC)c1ccc(C(CC)NCC)nc1. The second kappa shape index (κ2) is 8.09. The summed E-state index contributed by atoms with van der Waals surface area (Å²) in [6.07, 6.45) is 4.26. The molecule has 0 aliphatic rings. The van der Waals surface area contributed by atoms with Crippen molar-refractivity contribution in [3.63, 3.8) is 0 Å². The maximum atomic E-state index is 4.62. The van der Waals surface area contributed by atoms with E-state index >= 15 is 0 Å². The number of nitrogens with zero attached hydrogens (tertiary/aromatic N) is 2. The molecule has 0 spiro atoms. The minimum Gasteiger partial charge on any atom is -0.371 e. The van der Waals surface area contributed by atoms with Crippen molar-refractivity contribution in [3.05, 3.63) is 24.0 Å². The standard InChI is InChI=1S/C15H27N3/c1-5-11-18(8-4)13-9-10-15(17-12-13)14(6-2)16-7-3/h9-10,12,14,16H,5-8,11H2,1-4H3. The number of hydrogen-bond acceptors (Lipinski definition) is 3. The second-order valence-electron chi connectivity index (χ2n) is 4.54. The molecule has 1 unspecified atom stereocenters. The first kappa shape index (κ1) is 15.0. The van der Waals surface area contributed by atoms with E-state index in [1.54, 1.807) is 0 Å². The molecule has 3 nitrogen and oxygen atoms in total. The van der Waals surface area contributed by atoms with Gasteiger partial charge in [0, 0.05) is 19.1 Å². The average molecular weight is 249 g/mol. The normalized spacial score (nSPS) is 12.4. The molecule has 102 valence electrons. The van der Waals surface area contributed by atoms with Crippen LogP contribution in [0.5, 0.6) is 0 Å². The highest BCUT2D eigenvalue weighted by Crippen LogP contribution is 2.18. The summed E-state index contributed by atoms with van der Waals surface area (Å²) in [7, 11) is 0. The zero-order valence-electron chi connectivity index (χ0n) is 12.2. The van der Waals surface area contributed by atoms with Gasteiger partial charge in [-0.15, -0.1) is 0 Å². The Bertz CT molecular complexity index is 288. The molecule has 1 rings (SSSR count). The lowest BCUT2D eigenvalue weighted by Crippen LogP contribution is -2.24. The van der Waals surface area contributed by atoms with Crippen molar-refractivity contribution in [2.24, 2.45) is 0 Å². The van der Waals surface area contributed by atoms with Crippen LogP contribution in [0, 0.1) is 0 Å². The molecule has 18 heavy (non-hydrogen) atoms. The van der Waals surface area contributed by atoms with Crippen LogP contribution in [0.25, 0.3) is 0 Å². The molecule has 1 aromatic heterocycles. The third-order valence-electron chi connectivity index (χ3n) is 3.23. The lowest BCUT2D eigenvalue weighted by Gasteiger charge is -2.23. The Labute approximate surface area is 112 Å². The summed E-state index contributed by atoms with van der Waals surface area (Å²) in [5.74, 6) is 0. The zero-order chi connectivity index (χ0) is 13.4. The van der Waals surface area contributed by atoms with Gasteiger partial charge in [-0.1, -0.05) is 20.8 Å². The molecule has 3 heteroatoms. The molecule has 1 N–H and O–H groups in total. The topological polar surface area (TPSA) is 28.2 Å². The van der Waals surface area contributed by atoms with E-state index in [9.17, 15) is 0 Å². The quantitative estimate of drug-likeness (QED) is 0.765. The summed E-state index contributed by atoms with van der Waals surface area (Å²) in [4.78, 5) is 6.98. The summed E-state index contributed by atoms with van der Waals surface area (Å²) < 4.78 is 0. The third kappa shape index (κ3) is 3.98. The van der Waals surface area contributed by atoms with Crippen LogP contribution in [0.2, 0.25) is 0 Å². The average Bonchev–Trinajstić information content (AvgIpc) is 2.42. The van der Waals surface area contributed by atoms with Crippen molar-refractivity contribution in [1.82, 2.24) is 10.3 Å². The Morgan fingerprint density at radius 1 is 1.22 bits per heavy atom. The molecular weight excluding hydrogens is 222 g/mol. The Kier molecular flexibility index (Phi) is 6.73. The largest absolute Gasteiger partial charge is 0.371 e. The second-order valence-corrected chi connectivity index (χ2v) is 4.54. The van der Waals surface area contributed by atoms with Crippen LogP contribution in [-0.4, -0.2) is 24.6 Å². The van der Waals surface area contributed by atoms with Gasteiger partial charge in [-0.3, -0.25) is 4.98 Å². The van der Waals surface area contributed by atoms with Crippen molar-refractivity contribution in [3.8, 4) is 0 Å². The predicted octanol–water partition coefficient (Wildman–Crippen LogP) is 3.38. The van der Waals surface area contributed by atoms with Gasteiger partial charge in [-0.2, -0.15) is 0 Å². The van der Waals surface area contributed by atoms with Gasteiger partial charge in [-0.25, -0.2) is 0 Å².